The number of nitrogens with one attached hydrogen (secondary N) is 1. The average Bonchev–Trinajstić information content (AvgIpc) is 3.05. The van der Waals surface area contributed by atoms with Crippen LogP contribution in [0.1, 0.15) is 17.1 Å². The second kappa shape index (κ2) is 6.58. The summed E-state index contributed by atoms with van der Waals surface area (Å²) in [6.07, 6.45) is 0.592. The molecule has 0 unspecified atom stereocenters. The van der Waals surface area contributed by atoms with Crippen LogP contribution in [0.3, 0.4) is 0 Å². The van der Waals surface area contributed by atoms with E-state index < -0.39 is 0 Å². The van der Waals surface area contributed by atoms with Gasteiger partial charge < -0.3 is 14.2 Å². The summed E-state index contributed by atoms with van der Waals surface area (Å²) in [6, 6.07) is 16.7. The fourth-order valence-electron chi connectivity index (χ4n) is 3.42. The monoisotopic (exact) mass is 333 g/mol. The highest BCUT2D eigenvalue weighted by molar-refractivity contribution is 5.85. The Morgan fingerprint density at radius 3 is 2.72 bits per heavy atom. The van der Waals surface area contributed by atoms with Gasteiger partial charge in [0.1, 0.15) is 6.07 Å². The van der Waals surface area contributed by atoms with Crippen molar-refractivity contribution in [2.45, 2.75) is 6.42 Å². The standard InChI is InChI=1S/C20H20N4O/c1-23-9-11-24(12-10-23)20-18(14-21)22-19(25-20)13-16-7-4-6-15-5-2-3-8-17(15)16/h2-8H,9-13H2,1H3/p+1. The van der Waals surface area contributed by atoms with Gasteiger partial charge in [-0.2, -0.15) is 5.26 Å². The number of hydrogen-bond acceptors (Lipinski definition) is 4. The largest absolute Gasteiger partial charge is 0.423 e. The van der Waals surface area contributed by atoms with Crippen molar-refractivity contribution < 1.29 is 9.32 Å². The van der Waals surface area contributed by atoms with Crippen molar-refractivity contribution in [3.63, 3.8) is 0 Å². The van der Waals surface area contributed by atoms with E-state index in [1.807, 2.05) is 12.1 Å². The van der Waals surface area contributed by atoms with E-state index in [-0.39, 0.29) is 0 Å². The summed E-state index contributed by atoms with van der Waals surface area (Å²) in [6.45, 7) is 3.88. The van der Waals surface area contributed by atoms with Crippen molar-refractivity contribution in [2.75, 3.05) is 38.1 Å². The maximum absolute atomic E-state index is 9.45. The van der Waals surface area contributed by atoms with Crippen LogP contribution < -0.4 is 9.80 Å². The van der Waals surface area contributed by atoms with Crippen LogP contribution in [0.15, 0.2) is 46.9 Å². The van der Waals surface area contributed by atoms with E-state index in [4.69, 9.17) is 4.42 Å². The molecule has 0 amide bonds. The number of rotatable bonds is 3. The minimum Gasteiger partial charge on any atom is -0.423 e. The number of anilines is 1. The molecule has 2 heterocycles. The Morgan fingerprint density at radius 2 is 1.92 bits per heavy atom. The lowest BCUT2D eigenvalue weighted by atomic mass is 10.0. The van der Waals surface area contributed by atoms with Crippen molar-refractivity contribution in [1.82, 2.24) is 4.98 Å². The molecule has 0 atom stereocenters. The van der Waals surface area contributed by atoms with Crippen LogP contribution in [0.5, 0.6) is 0 Å². The van der Waals surface area contributed by atoms with E-state index in [1.54, 1.807) is 0 Å². The number of oxazole rings is 1. The van der Waals surface area contributed by atoms with Gasteiger partial charge in [0.15, 0.2) is 0 Å². The number of fused-ring (bicyclic) bond motifs is 1. The molecule has 0 saturated carbocycles. The summed E-state index contributed by atoms with van der Waals surface area (Å²) >= 11 is 0. The summed E-state index contributed by atoms with van der Waals surface area (Å²) in [5.74, 6) is 1.24. The van der Waals surface area contributed by atoms with Crippen molar-refractivity contribution in [3.8, 4) is 6.07 Å². The van der Waals surface area contributed by atoms with Gasteiger partial charge in [-0.3, -0.25) is 0 Å². The molecule has 5 nitrogen and oxygen atoms in total. The lowest BCUT2D eigenvalue weighted by Gasteiger charge is -2.29. The number of aromatic nitrogens is 1. The number of nitriles is 1. The molecule has 25 heavy (non-hydrogen) atoms. The van der Waals surface area contributed by atoms with E-state index in [9.17, 15) is 5.26 Å². The number of piperazine rings is 1. The Morgan fingerprint density at radius 1 is 1.16 bits per heavy atom. The fourth-order valence-corrected chi connectivity index (χ4v) is 3.42. The van der Waals surface area contributed by atoms with Gasteiger partial charge in [-0.1, -0.05) is 42.5 Å². The van der Waals surface area contributed by atoms with Gasteiger partial charge in [0, 0.05) is 0 Å². The molecule has 0 radical (unpaired) electrons. The van der Waals surface area contributed by atoms with E-state index in [0.29, 0.717) is 23.9 Å². The number of quaternary nitrogens is 1. The van der Waals surface area contributed by atoms with Crippen molar-refractivity contribution in [1.29, 1.82) is 5.26 Å². The van der Waals surface area contributed by atoms with Crippen molar-refractivity contribution >= 4 is 16.7 Å². The lowest BCUT2D eigenvalue weighted by molar-refractivity contribution is -0.880. The molecule has 2 aromatic carbocycles. The third-order valence-electron chi connectivity index (χ3n) is 4.89. The zero-order valence-electron chi connectivity index (χ0n) is 14.3. The molecule has 1 aliphatic rings. The Bertz CT molecular complexity index is 927. The Kier molecular flexibility index (Phi) is 4.12. The summed E-state index contributed by atoms with van der Waals surface area (Å²) in [5.41, 5.74) is 1.56. The summed E-state index contributed by atoms with van der Waals surface area (Å²) in [5, 5.41) is 11.9. The van der Waals surface area contributed by atoms with Gasteiger partial charge in [-0.05, 0) is 16.3 Å². The van der Waals surface area contributed by atoms with Gasteiger partial charge in [-0.15, -0.1) is 0 Å². The summed E-state index contributed by atoms with van der Waals surface area (Å²) in [4.78, 5) is 8.10. The van der Waals surface area contributed by atoms with Crippen LogP contribution in [-0.2, 0) is 6.42 Å². The van der Waals surface area contributed by atoms with E-state index in [2.05, 4.69) is 53.3 Å². The Hall–Kier alpha value is -2.84. The second-order valence-electron chi connectivity index (χ2n) is 6.63. The maximum Gasteiger partial charge on any atom is 0.235 e. The number of benzene rings is 2. The average molecular weight is 333 g/mol. The first-order chi connectivity index (χ1) is 12.2. The highest BCUT2D eigenvalue weighted by Crippen LogP contribution is 2.26. The van der Waals surface area contributed by atoms with Gasteiger partial charge >= 0.3 is 0 Å². The van der Waals surface area contributed by atoms with Crippen LogP contribution in [0.2, 0.25) is 0 Å². The molecular weight excluding hydrogens is 312 g/mol. The highest BCUT2D eigenvalue weighted by Gasteiger charge is 2.24. The first-order valence-corrected chi connectivity index (χ1v) is 8.67. The van der Waals surface area contributed by atoms with Crippen LogP contribution in [0.25, 0.3) is 10.8 Å². The zero-order valence-corrected chi connectivity index (χ0v) is 14.3. The van der Waals surface area contributed by atoms with Crippen LogP contribution in [-0.4, -0.2) is 38.2 Å². The normalized spacial score (nSPS) is 15.4. The summed E-state index contributed by atoms with van der Waals surface area (Å²) < 4.78 is 6.02. The fraction of sp³-hybridized carbons (Fsp3) is 0.300. The maximum atomic E-state index is 9.45. The minimum absolute atomic E-state index is 0.398. The minimum atomic E-state index is 0.398. The molecule has 1 fully saturated rings. The molecule has 1 N–H and O–H groups in total. The predicted molar refractivity (Wildman–Crippen MR) is 96.8 cm³/mol. The van der Waals surface area contributed by atoms with Crippen LogP contribution >= 0.6 is 0 Å². The van der Waals surface area contributed by atoms with Crippen molar-refractivity contribution in [2.24, 2.45) is 0 Å². The molecule has 3 aromatic rings. The molecule has 0 aliphatic carbocycles. The Labute approximate surface area is 147 Å². The van der Waals surface area contributed by atoms with E-state index in [1.165, 1.54) is 21.2 Å². The van der Waals surface area contributed by atoms with Crippen molar-refractivity contribution in [3.05, 3.63) is 59.6 Å². The van der Waals surface area contributed by atoms with Gasteiger partial charge in [0.05, 0.1) is 39.6 Å². The van der Waals surface area contributed by atoms with Gasteiger partial charge in [-0.25, -0.2) is 4.98 Å². The third-order valence-corrected chi connectivity index (χ3v) is 4.89. The molecule has 0 spiro atoms. The van der Waals surface area contributed by atoms with Crippen LogP contribution in [0.4, 0.5) is 5.88 Å². The topological polar surface area (TPSA) is 57.5 Å². The molecule has 0 bridgehead atoms. The molecule has 4 rings (SSSR count). The second-order valence-corrected chi connectivity index (χ2v) is 6.63. The molecule has 1 aliphatic heterocycles. The first-order valence-electron chi connectivity index (χ1n) is 8.67. The predicted octanol–water partition coefficient (Wildman–Crippen LogP) is 1.62. The number of likely N-dealkylation sites (N-methyl/N-ethyl adjacent to an activating group) is 1. The number of hydrogen-bond donors (Lipinski definition) is 1. The number of nitrogens with zero attached hydrogens (tertiary/aromatic N) is 3. The van der Waals surface area contributed by atoms with Gasteiger partial charge in [0.25, 0.3) is 0 Å². The molecule has 1 aromatic heterocycles. The quantitative estimate of drug-likeness (QED) is 0.791. The highest BCUT2D eigenvalue weighted by atomic mass is 16.4. The molecule has 1 saturated heterocycles. The van der Waals surface area contributed by atoms with E-state index in [0.717, 1.165) is 26.2 Å². The summed E-state index contributed by atoms with van der Waals surface area (Å²) in [7, 11) is 2.19. The Balaban J connectivity index is 1.64. The first kappa shape index (κ1) is 15.7. The smallest absolute Gasteiger partial charge is 0.235 e. The van der Waals surface area contributed by atoms with Crippen LogP contribution in [0, 0.1) is 11.3 Å². The van der Waals surface area contributed by atoms with E-state index >= 15 is 0 Å². The molecule has 5 heteroatoms. The molecular formula is C20H21N4O+. The van der Waals surface area contributed by atoms with Gasteiger partial charge in [0.2, 0.25) is 17.5 Å². The lowest BCUT2D eigenvalue weighted by Crippen LogP contribution is -3.12. The zero-order chi connectivity index (χ0) is 17.2. The SMILES string of the molecule is C[NH+]1CCN(c2oc(Cc3cccc4ccccc34)nc2C#N)CC1. The molecule has 126 valence electrons. The third kappa shape index (κ3) is 3.09.